The highest BCUT2D eigenvalue weighted by molar-refractivity contribution is 6.30. The molecule has 2 aromatic rings. The maximum atomic E-state index is 10.5. The molecule has 0 saturated heterocycles. The van der Waals surface area contributed by atoms with Crippen molar-refractivity contribution in [2.75, 3.05) is 0 Å². The molecule has 6 heteroatoms. The Bertz CT molecular complexity index is 480. The molecule has 0 atom stereocenters. The first-order valence-corrected chi connectivity index (χ1v) is 3.92. The lowest BCUT2D eigenvalue weighted by atomic mass is 10.5. The first-order valence-electron chi connectivity index (χ1n) is 3.54. The van der Waals surface area contributed by atoms with E-state index in [1.54, 1.807) is 22.7 Å². The summed E-state index contributed by atoms with van der Waals surface area (Å²) >= 11 is 5.71. The van der Waals surface area contributed by atoms with Crippen LogP contribution in [0.15, 0.2) is 24.5 Å². The van der Waals surface area contributed by atoms with Gasteiger partial charge in [-0.1, -0.05) is 11.6 Å². The number of carboxylic acid groups (broad SMARTS) is 1. The van der Waals surface area contributed by atoms with Gasteiger partial charge in [-0.3, -0.25) is 0 Å². The first-order chi connectivity index (χ1) is 6.16. The van der Waals surface area contributed by atoms with Crippen molar-refractivity contribution < 1.29 is 15.4 Å². The van der Waals surface area contributed by atoms with Crippen molar-refractivity contribution in [3.05, 3.63) is 35.2 Å². The second-order valence-corrected chi connectivity index (χ2v) is 2.98. The van der Waals surface area contributed by atoms with E-state index >= 15 is 0 Å². The van der Waals surface area contributed by atoms with Crippen molar-refractivity contribution in [3.63, 3.8) is 0 Å². The van der Waals surface area contributed by atoms with E-state index in [2.05, 4.69) is 4.98 Å². The number of rotatable bonds is 1. The Balaban J connectivity index is 0.000000980. The van der Waals surface area contributed by atoms with Gasteiger partial charge in [-0.25, -0.2) is 9.78 Å². The molecule has 0 aromatic carbocycles. The second kappa shape index (κ2) is 3.65. The largest absolute Gasteiger partial charge is 0.476 e. The fourth-order valence-corrected chi connectivity index (χ4v) is 1.21. The summed E-state index contributed by atoms with van der Waals surface area (Å²) in [6.07, 6.45) is 3.10. The lowest BCUT2D eigenvalue weighted by molar-refractivity contribution is 0.0691. The topological polar surface area (TPSA) is 86.1 Å². The maximum Gasteiger partial charge on any atom is 0.356 e. The monoisotopic (exact) mass is 214 g/mol. The molecule has 0 spiro atoms. The highest BCUT2D eigenvalue weighted by Crippen LogP contribution is 2.12. The summed E-state index contributed by atoms with van der Waals surface area (Å²) in [5.74, 6) is -1.04. The average Bonchev–Trinajstić information content (AvgIpc) is 2.46. The second-order valence-electron chi connectivity index (χ2n) is 2.54. The van der Waals surface area contributed by atoms with E-state index in [0.717, 1.165) is 0 Å². The number of aromatic carboxylic acids is 1. The molecule has 2 heterocycles. The average molecular weight is 215 g/mol. The van der Waals surface area contributed by atoms with Crippen molar-refractivity contribution in [1.82, 2.24) is 9.38 Å². The van der Waals surface area contributed by atoms with E-state index in [1.807, 2.05) is 0 Å². The molecule has 0 aliphatic rings. The molecule has 14 heavy (non-hydrogen) atoms. The molecule has 0 amide bonds. The molecule has 2 aromatic heterocycles. The third-order valence-corrected chi connectivity index (χ3v) is 1.88. The maximum absolute atomic E-state index is 10.5. The number of hydrogen-bond acceptors (Lipinski definition) is 2. The van der Waals surface area contributed by atoms with E-state index in [1.165, 1.54) is 6.20 Å². The fraction of sp³-hybridized carbons (Fsp3) is 0. The normalized spacial score (nSPS) is 9.79. The van der Waals surface area contributed by atoms with Crippen LogP contribution in [0.25, 0.3) is 5.65 Å². The molecular formula is C8H7ClN2O3. The SMILES string of the molecule is O.O=C(O)c1cn2ccc(Cl)cc2n1. The molecule has 74 valence electrons. The molecule has 3 N–H and O–H groups in total. The molecular weight excluding hydrogens is 208 g/mol. The summed E-state index contributed by atoms with van der Waals surface area (Å²) in [4.78, 5) is 14.4. The third kappa shape index (κ3) is 1.68. The minimum atomic E-state index is -1.04. The number of nitrogens with zero attached hydrogens (tertiary/aromatic N) is 2. The third-order valence-electron chi connectivity index (χ3n) is 1.64. The quantitative estimate of drug-likeness (QED) is 0.764. The molecule has 5 nitrogen and oxygen atoms in total. The number of carbonyl (C=O) groups is 1. The predicted molar refractivity (Wildman–Crippen MR) is 50.8 cm³/mol. The lowest BCUT2D eigenvalue weighted by Gasteiger charge is -1.90. The smallest absolute Gasteiger partial charge is 0.356 e. The zero-order chi connectivity index (χ0) is 9.42. The number of hydrogen-bond donors (Lipinski definition) is 1. The fourth-order valence-electron chi connectivity index (χ4n) is 1.06. The molecule has 0 aliphatic heterocycles. The van der Waals surface area contributed by atoms with Gasteiger partial charge in [-0.05, 0) is 6.07 Å². The zero-order valence-electron chi connectivity index (χ0n) is 6.94. The molecule has 0 bridgehead atoms. The Labute approximate surface area is 83.9 Å². The van der Waals surface area contributed by atoms with Gasteiger partial charge in [0.1, 0.15) is 5.65 Å². The minimum Gasteiger partial charge on any atom is -0.476 e. The zero-order valence-corrected chi connectivity index (χ0v) is 7.69. The van der Waals surface area contributed by atoms with Crippen molar-refractivity contribution in [2.24, 2.45) is 0 Å². The van der Waals surface area contributed by atoms with Gasteiger partial charge in [0.2, 0.25) is 0 Å². The number of halogens is 1. The number of pyridine rings is 1. The predicted octanol–water partition coefficient (Wildman–Crippen LogP) is 0.861. The summed E-state index contributed by atoms with van der Waals surface area (Å²) in [6.45, 7) is 0. The Morgan fingerprint density at radius 3 is 2.93 bits per heavy atom. The van der Waals surface area contributed by atoms with Crippen LogP contribution in [-0.2, 0) is 0 Å². The van der Waals surface area contributed by atoms with Gasteiger partial charge in [0.15, 0.2) is 5.69 Å². The van der Waals surface area contributed by atoms with E-state index in [0.29, 0.717) is 10.7 Å². The van der Waals surface area contributed by atoms with Gasteiger partial charge in [0.05, 0.1) is 0 Å². The van der Waals surface area contributed by atoms with E-state index in [-0.39, 0.29) is 11.2 Å². The van der Waals surface area contributed by atoms with Crippen LogP contribution in [0.1, 0.15) is 10.5 Å². The highest BCUT2D eigenvalue weighted by atomic mass is 35.5. The van der Waals surface area contributed by atoms with E-state index in [4.69, 9.17) is 16.7 Å². The van der Waals surface area contributed by atoms with Crippen LogP contribution in [0.2, 0.25) is 5.02 Å². The Kier molecular flexibility index (Phi) is 2.73. The Morgan fingerprint density at radius 1 is 1.57 bits per heavy atom. The number of aromatic nitrogens is 2. The van der Waals surface area contributed by atoms with Gasteiger partial charge in [-0.15, -0.1) is 0 Å². The molecule has 0 fully saturated rings. The molecule has 0 aliphatic carbocycles. The molecule has 0 radical (unpaired) electrons. The van der Waals surface area contributed by atoms with Crippen LogP contribution in [0.3, 0.4) is 0 Å². The lowest BCUT2D eigenvalue weighted by Crippen LogP contribution is -1.94. The summed E-state index contributed by atoms with van der Waals surface area (Å²) in [6, 6.07) is 3.27. The van der Waals surface area contributed by atoms with Crippen molar-refractivity contribution in [3.8, 4) is 0 Å². The number of imidazole rings is 1. The van der Waals surface area contributed by atoms with Crippen LogP contribution < -0.4 is 0 Å². The highest BCUT2D eigenvalue weighted by Gasteiger charge is 2.07. The Morgan fingerprint density at radius 2 is 2.29 bits per heavy atom. The van der Waals surface area contributed by atoms with Crippen molar-refractivity contribution in [2.45, 2.75) is 0 Å². The van der Waals surface area contributed by atoms with Crippen LogP contribution in [0.4, 0.5) is 0 Å². The molecule has 0 saturated carbocycles. The standard InChI is InChI=1S/C8H5ClN2O2.H2O/c9-5-1-2-11-4-6(8(12)13)10-7(11)3-5;/h1-4H,(H,12,13);1H2. The van der Waals surface area contributed by atoms with E-state index in [9.17, 15) is 4.79 Å². The van der Waals surface area contributed by atoms with E-state index < -0.39 is 5.97 Å². The van der Waals surface area contributed by atoms with Crippen LogP contribution in [-0.4, -0.2) is 25.9 Å². The number of carboxylic acids is 1. The van der Waals surface area contributed by atoms with Gasteiger partial charge in [0, 0.05) is 23.5 Å². The van der Waals surface area contributed by atoms with Gasteiger partial charge in [0.25, 0.3) is 0 Å². The summed E-state index contributed by atoms with van der Waals surface area (Å²) < 4.78 is 1.61. The number of fused-ring (bicyclic) bond motifs is 1. The minimum absolute atomic E-state index is 0. The van der Waals surface area contributed by atoms with Crippen LogP contribution in [0.5, 0.6) is 0 Å². The van der Waals surface area contributed by atoms with Gasteiger partial charge >= 0.3 is 5.97 Å². The van der Waals surface area contributed by atoms with Crippen LogP contribution >= 0.6 is 11.6 Å². The first kappa shape index (κ1) is 10.5. The Hall–Kier alpha value is -1.59. The van der Waals surface area contributed by atoms with Gasteiger partial charge < -0.3 is 15.0 Å². The molecule has 0 unspecified atom stereocenters. The van der Waals surface area contributed by atoms with Gasteiger partial charge in [-0.2, -0.15) is 0 Å². The van der Waals surface area contributed by atoms with Crippen LogP contribution in [0, 0.1) is 0 Å². The molecule has 2 rings (SSSR count). The summed E-state index contributed by atoms with van der Waals surface area (Å²) in [5, 5.41) is 9.18. The van der Waals surface area contributed by atoms with Crippen molar-refractivity contribution in [1.29, 1.82) is 0 Å². The summed E-state index contributed by atoms with van der Waals surface area (Å²) in [5.41, 5.74) is 0.548. The summed E-state index contributed by atoms with van der Waals surface area (Å²) in [7, 11) is 0. The van der Waals surface area contributed by atoms with Crippen molar-refractivity contribution >= 4 is 23.2 Å².